The summed E-state index contributed by atoms with van der Waals surface area (Å²) in [5, 5.41) is 0.583. The van der Waals surface area contributed by atoms with E-state index < -0.39 is 0 Å². The van der Waals surface area contributed by atoms with Crippen molar-refractivity contribution in [3.05, 3.63) is 30.3 Å². The minimum atomic E-state index is 0. The van der Waals surface area contributed by atoms with Crippen molar-refractivity contribution in [3.63, 3.8) is 0 Å². The number of hydrogen-bond donors (Lipinski definition) is 0. The highest BCUT2D eigenvalue weighted by Crippen LogP contribution is 2.09. The fourth-order valence-electron chi connectivity index (χ4n) is 0.633. The number of para-hydroxylation sites is 1. The average Bonchev–Trinajstić information content (AvgIpc) is 1.90. The van der Waals surface area contributed by atoms with Crippen molar-refractivity contribution >= 4 is 18.1 Å². The highest BCUT2D eigenvalue weighted by molar-refractivity contribution is 5.85. The SMILES string of the molecule is CN(F)c1ccccc1.Cl. The Morgan fingerprint density at radius 3 is 2.00 bits per heavy atom. The van der Waals surface area contributed by atoms with Gasteiger partial charge in [0.25, 0.3) is 0 Å². The Bertz CT molecular complexity index is 176. The predicted molar refractivity (Wildman–Crippen MR) is 43.2 cm³/mol. The second kappa shape index (κ2) is 4.12. The van der Waals surface area contributed by atoms with Crippen molar-refractivity contribution < 1.29 is 4.48 Å². The molecule has 0 heterocycles. The lowest BCUT2D eigenvalue weighted by molar-refractivity contribution is 0.476. The van der Waals surface area contributed by atoms with Gasteiger partial charge in [-0.2, -0.15) is 0 Å². The maximum atomic E-state index is 12.3. The maximum Gasteiger partial charge on any atom is 0.0684 e. The van der Waals surface area contributed by atoms with Gasteiger partial charge in [-0.15, -0.1) is 16.9 Å². The zero-order valence-electron chi connectivity index (χ0n) is 5.62. The normalized spacial score (nSPS) is 8.20. The first-order valence-electron chi connectivity index (χ1n) is 2.75. The molecule has 1 aromatic rings. The molecule has 0 radical (unpaired) electrons. The largest absolute Gasteiger partial charge is 0.215 e. The van der Waals surface area contributed by atoms with Crippen LogP contribution >= 0.6 is 12.4 Å². The van der Waals surface area contributed by atoms with E-state index in [1.165, 1.54) is 7.05 Å². The van der Waals surface area contributed by atoms with Crippen molar-refractivity contribution in [2.45, 2.75) is 0 Å². The highest BCUT2D eigenvalue weighted by atomic mass is 35.5. The molecule has 0 amide bonds. The Hall–Kier alpha value is -0.760. The quantitative estimate of drug-likeness (QED) is 0.572. The lowest BCUT2D eigenvalue weighted by Crippen LogP contribution is -2.00. The molecule has 0 saturated carbocycles. The number of benzene rings is 1. The van der Waals surface area contributed by atoms with Crippen LogP contribution < -0.4 is 5.12 Å². The van der Waals surface area contributed by atoms with Gasteiger partial charge in [-0.3, -0.25) is 0 Å². The third-order valence-electron chi connectivity index (χ3n) is 1.11. The first-order chi connectivity index (χ1) is 4.30. The first kappa shape index (κ1) is 9.24. The lowest BCUT2D eigenvalue weighted by atomic mass is 10.3. The Labute approximate surface area is 65.8 Å². The second-order valence-corrected chi connectivity index (χ2v) is 1.81. The number of hydrogen-bond acceptors (Lipinski definition) is 1. The van der Waals surface area contributed by atoms with Crippen LogP contribution in [0.2, 0.25) is 0 Å². The van der Waals surface area contributed by atoms with E-state index in [0.29, 0.717) is 10.8 Å². The Balaban J connectivity index is 0.000000810. The topological polar surface area (TPSA) is 3.24 Å². The van der Waals surface area contributed by atoms with Crippen LogP contribution in [0.25, 0.3) is 0 Å². The summed E-state index contributed by atoms with van der Waals surface area (Å²) >= 11 is 0. The molecule has 1 aromatic carbocycles. The summed E-state index contributed by atoms with van der Waals surface area (Å²) in [6.45, 7) is 0. The molecule has 0 unspecified atom stereocenters. The van der Waals surface area contributed by atoms with E-state index in [1.54, 1.807) is 24.3 Å². The van der Waals surface area contributed by atoms with Crippen LogP contribution in [0.3, 0.4) is 0 Å². The Morgan fingerprint density at radius 1 is 1.20 bits per heavy atom. The molecule has 0 aliphatic carbocycles. The summed E-state index contributed by atoms with van der Waals surface area (Å²) in [7, 11) is 1.37. The van der Waals surface area contributed by atoms with E-state index in [4.69, 9.17) is 0 Å². The van der Waals surface area contributed by atoms with E-state index in [-0.39, 0.29) is 12.4 Å². The summed E-state index contributed by atoms with van der Waals surface area (Å²) in [6, 6.07) is 8.86. The van der Waals surface area contributed by atoms with Crippen LogP contribution in [0.5, 0.6) is 0 Å². The lowest BCUT2D eigenvalue weighted by Gasteiger charge is -2.04. The molecule has 0 spiro atoms. The zero-order chi connectivity index (χ0) is 6.69. The smallest absolute Gasteiger partial charge is 0.0684 e. The number of nitrogens with zero attached hydrogens (tertiary/aromatic N) is 1. The minimum absolute atomic E-state index is 0. The van der Waals surface area contributed by atoms with E-state index in [1.807, 2.05) is 6.07 Å². The van der Waals surface area contributed by atoms with Gasteiger partial charge in [-0.25, -0.2) is 5.12 Å². The molecule has 10 heavy (non-hydrogen) atoms. The summed E-state index contributed by atoms with van der Waals surface area (Å²) in [5.41, 5.74) is 0.581. The molecule has 0 aliphatic heterocycles. The fourth-order valence-corrected chi connectivity index (χ4v) is 0.633. The molecule has 1 nitrogen and oxygen atoms in total. The summed E-state index contributed by atoms with van der Waals surface area (Å²) < 4.78 is 12.3. The summed E-state index contributed by atoms with van der Waals surface area (Å²) in [6.07, 6.45) is 0. The van der Waals surface area contributed by atoms with Crippen molar-refractivity contribution in [2.75, 3.05) is 12.2 Å². The molecule has 0 aromatic heterocycles. The van der Waals surface area contributed by atoms with Gasteiger partial charge in [0.1, 0.15) is 0 Å². The molecule has 0 aliphatic rings. The molecule has 0 bridgehead atoms. The fraction of sp³-hybridized carbons (Fsp3) is 0.143. The molecular formula is C7H9ClFN. The third kappa shape index (κ3) is 2.23. The molecule has 0 saturated heterocycles. The van der Waals surface area contributed by atoms with Crippen molar-refractivity contribution in [1.82, 2.24) is 0 Å². The minimum Gasteiger partial charge on any atom is -0.215 e. The van der Waals surface area contributed by atoms with E-state index in [9.17, 15) is 4.48 Å². The first-order valence-corrected chi connectivity index (χ1v) is 2.75. The zero-order valence-corrected chi connectivity index (χ0v) is 6.44. The van der Waals surface area contributed by atoms with Crippen molar-refractivity contribution in [2.24, 2.45) is 0 Å². The van der Waals surface area contributed by atoms with E-state index in [0.717, 1.165) is 0 Å². The number of anilines is 1. The van der Waals surface area contributed by atoms with Crippen LogP contribution in [-0.2, 0) is 0 Å². The third-order valence-corrected chi connectivity index (χ3v) is 1.11. The highest BCUT2D eigenvalue weighted by Gasteiger charge is 1.92. The standard InChI is InChI=1S/C7H8FN.ClH/c1-9(8)7-5-3-2-4-6-7;/h2-6H,1H3;1H. The van der Waals surface area contributed by atoms with Crippen LogP contribution in [0.1, 0.15) is 0 Å². The Morgan fingerprint density at radius 2 is 1.70 bits per heavy atom. The van der Waals surface area contributed by atoms with Gasteiger partial charge in [-0.1, -0.05) is 18.2 Å². The summed E-state index contributed by atoms with van der Waals surface area (Å²) in [5.74, 6) is 0. The van der Waals surface area contributed by atoms with Crippen molar-refractivity contribution in [3.8, 4) is 0 Å². The van der Waals surface area contributed by atoms with Gasteiger partial charge in [0, 0.05) is 7.05 Å². The van der Waals surface area contributed by atoms with Gasteiger partial charge < -0.3 is 0 Å². The average molecular weight is 162 g/mol. The van der Waals surface area contributed by atoms with Crippen LogP contribution in [0, 0.1) is 0 Å². The monoisotopic (exact) mass is 161 g/mol. The van der Waals surface area contributed by atoms with Gasteiger partial charge in [0.2, 0.25) is 0 Å². The molecule has 1 rings (SSSR count). The van der Waals surface area contributed by atoms with Gasteiger partial charge >= 0.3 is 0 Å². The van der Waals surface area contributed by atoms with Gasteiger partial charge in [0.15, 0.2) is 0 Å². The van der Waals surface area contributed by atoms with Gasteiger partial charge in [0.05, 0.1) is 5.69 Å². The number of rotatable bonds is 1. The summed E-state index contributed by atoms with van der Waals surface area (Å²) in [4.78, 5) is 0. The molecule has 0 atom stereocenters. The molecule has 0 N–H and O–H groups in total. The van der Waals surface area contributed by atoms with Crippen LogP contribution in [0.4, 0.5) is 10.2 Å². The van der Waals surface area contributed by atoms with E-state index in [2.05, 4.69) is 0 Å². The van der Waals surface area contributed by atoms with Crippen LogP contribution in [0.15, 0.2) is 30.3 Å². The van der Waals surface area contributed by atoms with Crippen molar-refractivity contribution in [1.29, 1.82) is 0 Å². The number of halogens is 2. The molecule has 3 heteroatoms. The Kier molecular flexibility index (Phi) is 3.81. The molecule has 0 fully saturated rings. The van der Waals surface area contributed by atoms with E-state index >= 15 is 0 Å². The second-order valence-electron chi connectivity index (χ2n) is 1.81. The van der Waals surface area contributed by atoms with Crippen LogP contribution in [-0.4, -0.2) is 7.05 Å². The molecule has 56 valence electrons. The predicted octanol–water partition coefficient (Wildman–Crippen LogP) is 2.43. The molecular weight excluding hydrogens is 153 g/mol. The maximum absolute atomic E-state index is 12.3. The van der Waals surface area contributed by atoms with Gasteiger partial charge in [-0.05, 0) is 12.1 Å².